The fraction of sp³-hybridized carbons (Fsp3) is 0.333. The van der Waals surface area contributed by atoms with Gasteiger partial charge in [0.05, 0.1) is 6.54 Å². The highest BCUT2D eigenvalue weighted by Gasteiger charge is 2.08. The molecule has 0 saturated heterocycles. The van der Waals surface area contributed by atoms with E-state index in [1.807, 2.05) is 0 Å². The first-order valence-electron chi connectivity index (χ1n) is 6.68. The molecule has 0 saturated carbocycles. The highest BCUT2D eigenvalue weighted by atomic mass is 32.1. The predicted molar refractivity (Wildman–Crippen MR) is 85.1 cm³/mol. The van der Waals surface area contributed by atoms with E-state index in [1.165, 1.54) is 21.1 Å². The van der Waals surface area contributed by atoms with Crippen molar-refractivity contribution in [3.8, 4) is 0 Å². The highest BCUT2D eigenvalue weighted by molar-refractivity contribution is 7.13. The normalized spacial score (nSPS) is 10.5. The maximum atomic E-state index is 11.7. The minimum atomic E-state index is -0.927. The Bertz CT molecular complexity index is 630. The largest absolute Gasteiger partial charge is 0.477 e. The van der Waals surface area contributed by atoms with Crippen LogP contribution in [0.15, 0.2) is 24.3 Å². The fourth-order valence-electron chi connectivity index (χ4n) is 1.90. The summed E-state index contributed by atoms with van der Waals surface area (Å²) in [5, 5.41) is 11.7. The first-order chi connectivity index (χ1) is 10.0. The molecule has 1 amide bonds. The average Bonchev–Trinajstić information content (AvgIpc) is 3.05. The van der Waals surface area contributed by atoms with Crippen molar-refractivity contribution in [1.29, 1.82) is 0 Å². The Morgan fingerprint density at radius 1 is 1.14 bits per heavy atom. The van der Waals surface area contributed by atoms with Gasteiger partial charge in [0.1, 0.15) is 4.88 Å². The Morgan fingerprint density at radius 3 is 2.52 bits per heavy atom. The van der Waals surface area contributed by atoms with Gasteiger partial charge in [-0.2, -0.15) is 0 Å². The lowest BCUT2D eigenvalue weighted by molar-refractivity contribution is -0.121. The summed E-state index contributed by atoms with van der Waals surface area (Å²) in [6, 6.07) is 7.50. The molecule has 0 aromatic carbocycles. The van der Waals surface area contributed by atoms with Gasteiger partial charge < -0.3 is 10.4 Å². The number of carbonyl (C=O) groups is 2. The summed E-state index contributed by atoms with van der Waals surface area (Å²) in [6.07, 6.45) is 2.25. The van der Waals surface area contributed by atoms with Crippen LogP contribution in [0.4, 0.5) is 0 Å². The van der Waals surface area contributed by atoms with E-state index in [2.05, 4.69) is 24.4 Å². The summed E-state index contributed by atoms with van der Waals surface area (Å²) >= 11 is 2.96. The van der Waals surface area contributed by atoms with Gasteiger partial charge in [0.15, 0.2) is 0 Å². The van der Waals surface area contributed by atoms with Crippen molar-refractivity contribution in [2.45, 2.75) is 32.7 Å². The maximum absolute atomic E-state index is 11.7. The van der Waals surface area contributed by atoms with Crippen molar-refractivity contribution in [3.63, 3.8) is 0 Å². The molecule has 112 valence electrons. The first-order valence-corrected chi connectivity index (χ1v) is 8.32. The Morgan fingerprint density at radius 2 is 1.90 bits per heavy atom. The summed E-state index contributed by atoms with van der Waals surface area (Å²) in [4.78, 5) is 26.2. The molecular weight excluding hydrogens is 306 g/mol. The molecule has 4 nitrogen and oxygen atoms in total. The number of aryl methyl sites for hydroxylation is 2. The van der Waals surface area contributed by atoms with E-state index >= 15 is 0 Å². The van der Waals surface area contributed by atoms with Crippen LogP contribution in [0.5, 0.6) is 0 Å². The van der Waals surface area contributed by atoms with E-state index in [1.54, 1.807) is 23.5 Å². The monoisotopic (exact) mass is 323 g/mol. The number of carbonyl (C=O) groups excluding carboxylic acids is 1. The van der Waals surface area contributed by atoms with Gasteiger partial charge in [-0.3, -0.25) is 4.79 Å². The number of thiophene rings is 2. The lowest BCUT2D eigenvalue weighted by atomic mass is 10.2. The van der Waals surface area contributed by atoms with Crippen molar-refractivity contribution in [3.05, 3.63) is 43.8 Å². The Labute approximate surface area is 131 Å². The fourth-order valence-corrected chi connectivity index (χ4v) is 3.62. The van der Waals surface area contributed by atoms with Crippen LogP contribution in [0.2, 0.25) is 0 Å². The van der Waals surface area contributed by atoms with Crippen molar-refractivity contribution in [2.24, 2.45) is 0 Å². The van der Waals surface area contributed by atoms with Crippen LogP contribution in [-0.2, 0) is 17.8 Å². The number of aromatic carboxylic acids is 1. The third-order valence-corrected chi connectivity index (χ3v) is 5.09. The molecule has 2 N–H and O–H groups in total. The second-order valence-electron chi connectivity index (χ2n) is 4.71. The molecular formula is C15H17NO3S2. The van der Waals surface area contributed by atoms with E-state index in [9.17, 15) is 9.59 Å². The van der Waals surface area contributed by atoms with E-state index in [0.717, 1.165) is 17.7 Å². The molecule has 0 spiro atoms. The molecule has 0 aliphatic carbocycles. The van der Waals surface area contributed by atoms with Crippen molar-refractivity contribution < 1.29 is 14.7 Å². The number of carboxylic acid groups (broad SMARTS) is 1. The van der Waals surface area contributed by atoms with Gasteiger partial charge in [0, 0.05) is 21.1 Å². The molecule has 2 aromatic heterocycles. The van der Waals surface area contributed by atoms with Gasteiger partial charge >= 0.3 is 5.97 Å². The smallest absolute Gasteiger partial charge is 0.345 e. The molecule has 2 heterocycles. The molecule has 21 heavy (non-hydrogen) atoms. The lowest BCUT2D eigenvalue weighted by Gasteiger charge is -2.03. The standard InChI is InChI=1S/C15H17NO3S2/c1-10-5-6-11(20-10)3-2-4-14(17)16-9-12-7-8-13(21-12)15(18)19/h5-8H,2-4,9H2,1H3,(H,16,17)(H,18,19). The summed E-state index contributed by atoms with van der Waals surface area (Å²) in [5.41, 5.74) is 0. The van der Waals surface area contributed by atoms with Crippen LogP contribution >= 0.6 is 22.7 Å². The summed E-state index contributed by atoms with van der Waals surface area (Å²) in [6.45, 7) is 2.47. The molecule has 0 aliphatic rings. The number of hydrogen-bond acceptors (Lipinski definition) is 4. The second-order valence-corrected chi connectivity index (χ2v) is 7.25. The third-order valence-electron chi connectivity index (χ3n) is 2.96. The maximum Gasteiger partial charge on any atom is 0.345 e. The number of carboxylic acids is 1. The molecule has 0 atom stereocenters. The van der Waals surface area contributed by atoms with E-state index < -0.39 is 5.97 Å². The zero-order chi connectivity index (χ0) is 15.2. The summed E-state index contributed by atoms with van der Waals surface area (Å²) in [7, 11) is 0. The van der Waals surface area contributed by atoms with Crippen molar-refractivity contribution in [2.75, 3.05) is 0 Å². The minimum absolute atomic E-state index is 0.00792. The summed E-state index contributed by atoms with van der Waals surface area (Å²) < 4.78 is 0. The lowest BCUT2D eigenvalue weighted by Crippen LogP contribution is -2.21. The van der Waals surface area contributed by atoms with Crippen LogP contribution in [0.3, 0.4) is 0 Å². The van der Waals surface area contributed by atoms with Crippen LogP contribution < -0.4 is 5.32 Å². The van der Waals surface area contributed by atoms with Crippen LogP contribution in [0.25, 0.3) is 0 Å². The predicted octanol–water partition coefficient (Wildman–Crippen LogP) is 3.46. The molecule has 0 aliphatic heterocycles. The van der Waals surface area contributed by atoms with Crippen LogP contribution in [0, 0.1) is 6.92 Å². The second kappa shape index (κ2) is 7.38. The van der Waals surface area contributed by atoms with Gasteiger partial charge in [-0.15, -0.1) is 22.7 Å². The van der Waals surface area contributed by atoms with Gasteiger partial charge in [-0.05, 0) is 44.0 Å². The van der Waals surface area contributed by atoms with Crippen molar-refractivity contribution >= 4 is 34.6 Å². The van der Waals surface area contributed by atoms with Gasteiger partial charge in [-0.25, -0.2) is 4.79 Å². The number of amides is 1. The molecule has 0 fully saturated rings. The zero-order valence-corrected chi connectivity index (χ0v) is 13.4. The molecule has 2 aromatic rings. The highest BCUT2D eigenvalue weighted by Crippen LogP contribution is 2.18. The zero-order valence-electron chi connectivity index (χ0n) is 11.7. The number of rotatable bonds is 7. The summed E-state index contributed by atoms with van der Waals surface area (Å²) in [5.74, 6) is -0.919. The Kier molecular flexibility index (Phi) is 5.52. The van der Waals surface area contributed by atoms with Gasteiger partial charge in [0.2, 0.25) is 5.91 Å². The Hall–Kier alpha value is -1.66. The topological polar surface area (TPSA) is 66.4 Å². The van der Waals surface area contributed by atoms with Crippen LogP contribution in [-0.4, -0.2) is 17.0 Å². The minimum Gasteiger partial charge on any atom is -0.477 e. The van der Waals surface area contributed by atoms with Gasteiger partial charge in [0.25, 0.3) is 0 Å². The van der Waals surface area contributed by atoms with Crippen molar-refractivity contribution in [1.82, 2.24) is 5.32 Å². The molecule has 0 radical (unpaired) electrons. The average molecular weight is 323 g/mol. The van der Waals surface area contributed by atoms with Crippen LogP contribution in [0.1, 0.15) is 37.1 Å². The van der Waals surface area contributed by atoms with E-state index in [4.69, 9.17) is 5.11 Å². The molecule has 0 bridgehead atoms. The van der Waals surface area contributed by atoms with E-state index in [-0.39, 0.29) is 5.91 Å². The van der Waals surface area contributed by atoms with E-state index in [0.29, 0.717) is 17.8 Å². The first kappa shape index (κ1) is 15.7. The molecule has 2 rings (SSSR count). The molecule has 0 unspecified atom stereocenters. The third kappa shape index (κ3) is 4.99. The SMILES string of the molecule is Cc1ccc(CCCC(=O)NCc2ccc(C(=O)O)s2)s1. The Balaban J connectivity index is 1.68. The number of nitrogens with one attached hydrogen (secondary N) is 1. The quantitative estimate of drug-likeness (QED) is 0.820. The molecule has 6 heteroatoms. The van der Waals surface area contributed by atoms with Gasteiger partial charge in [-0.1, -0.05) is 0 Å². The number of hydrogen-bond donors (Lipinski definition) is 2.